The van der Waals surface area contributed by atoms with Crippen molar-refractivity contribution in [2.75, 3.05) is 5.75 Å². The lowest BCUT2D eigenvalue weighted by Gasteiger charge is -2.06. The first-order chi connectivity index (χ1) is 8.97. The number of hydrogen-bond acceptors (Lipinski definition) is 3. The molecule has 0 radical (unpaired) electrons. The van der Waals surface area contributed by atoms with Crippen molar-refractivity contribution >= 4 is 52.0 Å². The van der Waals surface area contributed by atoms with E-state index < -0.39 is 5.97 Å². The number of aromatic nitrogens is 2. The molecule has 1 aromatic heterocycles. The van der Waals surface area contributed by atoms with E-state index in [4.69, 9.17) is 28.3 Å². The normalized spacial score (nSPS) is 10.8. The van der Waals surface area contributed by atoms with Crippen LogP contribution in [0.15, 0.2) is 35.0 Å². The van der Waals surface area contributed by atoms with Crippen molar-refractivity contribution in [3.05, 3.63) is 34.8 Å². The van der Waals surface area contributed by atoms with Crippen molar-refractivity contribution in [1.82, 2.24) is 9.55 Å². The Morgan fingerprint density at radius 2 is 2.26 bits per heavy atom. The molecule has 0 aliphatic rings. The fourth-order valence-electron chi connectivity index (χ4n) is 1.63. The van der Waals surface area contributed by atoms with E-state index in [2.05, 4.69) is 11.6 Å². The van der Waals surface area contributed by atoms with Gasteiger partial charge in [-0.3, -0.25) is 4.79 Å². The molecule has 0 saturated heterocycles. The van der Waals surface area contributed by atoms with Crippen molar-refractivity contribution < 1.29 is 9.90 Å². The average molecular weight is 317 g/mol. The number of thioether (sulfide) groups is 1. The van der Waals surface area contributed by atoms with E-state index in [1.807, 2.05) is 4.57 Å². The highest BCUT2D eigenvalue weighted by atomic mass is 35.5. The number of allylic oxidation sites excluding steroid dienone is 1. The van der Waals surface area contributed by atoms with Crippen LogP contribution in [0.4, 0.5) is 0 Å². The third kappa shape index (κ3) is 3.43. The lowest BCUT2D eigenvalue weighted by molar-refractivity contribution is -0.133. The number of halogens is 2. The summed E-state index contributed by atoms with van der Waals surface area (Å²) in [5.41, 5.74) is 1.55. The van der Waals surface area contributed by atoms with Gasteiger partial charge in [-0.1, -0.05) is 41.5 Å². The molecule has 0 saturated carbocycles. The highest BCUT2D eigenvalue weighted by molar-refractivity contribution is 7.99. The summed E-state index contributed by atoms with van der Waals surface area (Å²) in [6, 6.07) is 5.30. The summed E-state index contributed by atoms with van der Waals surface area (Å²) < 4.78 is 1.81. The van der Waals surface area contributed by atoms with Crippen LogP contribution in [0.5, 0.6) is 0 Å². The van der Waals surface area contributed by atoms with E-state index in [-0.39, 0.29) is 5.75 Å². The van der Waals surface area contributed by atoms with Gasteiger partial charge in [0.1, 0.15) is 0 Å². The Morgan fingerprint density at radius 3 is 2.89 bits per heavy atom. The quantitative estimate of drug-likeness (QED) is 0.856. The molecule has 1 N–H and O–H groups in total. The number of carboxylic acid groups (broad SMARTS) is 1. The van der Waals surface area contributed by atoms with Gasteiger partial charge in [-0.15, -0.1) is 0 Å². The lowest BCUT2D eigenvalue weighted by atomic mass is 10.3. The third-order valence-electron chi connectivity index (χ3n) is 2.33. The van der Waals surface area contributed by atoms with Crippen molar-refractivity contribution in [3.63, 3.8) is 0 Å². The van der Waals surface area contributed by atoms with Gasteiger partial charge in [-0.2, -0.15) is 0 Å². The summed E-state index contributed by atoms with van der Waals surface area (Å²) in [5.74, 6) is -0.961. The molecule has 100 valence electrons. The van der Waals surface area contributed by atoms with Gasteiger partial charge in [-0.25, -0.2) is 4.98 Å². The van der Waals surface area contributed by atoms with Gasteiger partial charge in [0.05, 0.1) is 23.3 Å². The number of nitrogens with zero attached hydrogens (tertiary/aromatic N) is 2. The van der Waals surface area contributed by atoms with E-state index >= 15 is 0 Å². The monoisotopic (exact) mass is 316 g/mol. The van der Waals surface area contributed by atoms with Crippen LogP contribution in [0.25, 0.3) is 11.0 Å². The Hall–Kier alpha value is -1.17. The fourth-order valence-corrected chi connectivity index (χ4v) is 2.65. The Balaban J connectivity index is 2.48. The third-order valence-corrected chi connectivity index (χ3v) is 3.65. The minimum atomic E-state index is -0.897. The van der Waals surface area contributed by atoms with Gasteiger partial charge in [0.2, 0.25) is 0 Å². The maximum atomic E-state index is 10.7. The number of aliphatic carboxylic acids is 1. The summed E-state index contributed by atoms with van der Waals surface area (Å²) in [6.45, 7) is 4.02. The van der Waals surface area contributed by atoms with Crippen LogP contribution in [0, 0.1) is 0 Å². The topological polar surface area (TPSA) is 55.1 Å². The molecular formula is C12H10Cl2N2O2S. The zero-order valence-electron chi connectivity index (χ0n) is 9.77. The summed E-state index contributed by atoms with van der Waals surface area (Å²) in [4.78, 5) is 15.0. The lowest BCUT2D eigenvalue weighted by Crippen LogP contribution is -2.03. The second kappa shape index (κ2) is 5.86. The summed E-state index contributed by atoms with van der Waals surface area (Å²) >= 11 is 12.9. The van der Waals surface area contributed by atoms with Crippen molar-refractivity contribution in [2.45, 2.75) is 11.7 Å². The molecule has 1 aromatic carbocycles. The van der Waals surface area contributed by atoms with Crippen LogP contribution in [-0.4, -0.2) is 26.4 Å². The molecule has 4 nitrogen and oxygen atoms in total. The summed E-state index contributed by atoms with van der Waals surface area (Å²) in [6.07, 6.45) is 0. The number of fused-ring (bicyclic) bond motifs is 1. The molecule has 0 spiro atoms. The van der Waals surface area contributed by atoms with Gasteiger partial charge < -0.3 is 9.67 Å². The molecule has 0 amide bonds. The van der Waals surface area contributed by atoms with Crippen LogP contribution in [-0.2, 0) is 11.3 Å². The van der Waals surface area contributed by atoms with Crippen LogP contribution in [0.1, 0.15) is 0 Å². The Labute approximate surface area is 124 Å². The Kier molecular flexibility index (Phi) is 4.39. The molecule has 0 atom stereocenters. The van der Waals surface area contributed by atoms with E-state index in [9.17, 15) is 4.79 Å². The number of imidazole rings is 1. The number of carboxylic acids is 1. The zero-order valence-corrected chi connectivity index (χ0v) is 12.1. The number of benzene rings is 1. The largest absolute Gasteiger partial charge is 0.481 e. The maximum Gasteiger partial charge on any atom is 0.313 e. The molecular weight excluding hydrogens is 307 g/mol. The Morgan fingerprint density at radius 1 is 1.53 bits per heavy atom. The first-order valence-electron chi connectivity index (χ1n) is 5.31. The van der Waals surface area contributed by atoms with Crippen LogP contribution in [0.3, 0.4) is 0 Å². The summed E-state index contributed by atoms with van der Waals surface area (Å²) in [5, 5.41) is 10.4. The number of carbonyl (C=O) groups is 1. The smallest absolute Gasteiger partial charge is 0.313 e. The van der Waals surface area contributed by atoms with E-state index in [0.717, 1.165) is 22.8 Å². The predicted molar refractivity (Wildman–Crippen MR) is 78.1 cm³/mol. The standard InChI is InChI=1S/C12H10Cl2N2O2S/c1-7(13)5-16-10-4-8(14)2-3-9(10)15-12(16)19-6-11(17)18/h2-4H,1,5-6H2,(H,17,18). The molecule has 19 heavy (non-hydrogen) atoms. The molecule has 2 rings (SSSR count). The molecule has 0 aliphatic heterocycles. The first-order valence-corrected chi connectivity index (χ1v) is 7.05. The molecule has 7 heteroatoms. The van der Waals surface area contributed by atoms with Crippen molar-refractivity contribution in [2.24, 2.45) is 0 Å². The average Bonchev–Trinajstić information content (AvgIpc) is 2.64. The van der Waals surface area contributed by atoms with Gasteiger partial charge >= 0.3 is 5.97 Å². The maximum absolute atomic E-state index is 10.7. The SMILES string of the molecule is C=C(Cl)Cn1c(SCC(=O)O)nc2ccc(Cl)cc21. The van der Waals surface area contributed by atoms with Gasteiger partial charge in [-0.05, 0) is 18.2 Å². The van der Waals surface area contributed by atoms with Gasteiger partial charge in [0.25, 0.3) is 0 Å². The molecule has 1 heterocycles. The molecule has 0 unspecified atom stereocenters. The minimum absolute atomic E-state index is 0.0637. The van der Waals surface area contributed by atoms with E-state index in [1.165, 1.54) is 0 Å². The molecule has 0 aliphatic carbocycles. The van der Waals surface area contributed by atoms with Crippen LogP contribution in [0.2, 0.25) is 5.02 Å². The number of rotatable bonds is 5. The van der Waals surface area contributed by atoms with E-state index in [1.54, 1.807) is 18.2 Å². The molecule has 0 fully saturated rings. The minimum Gasteiger partial charge on any atom is -0.481 e. The second-order valence-electron chi connectivity index (χ2n) is 3.81. The molecule has 2 aromatic rings. The molecule has 0 bridgehead atoms. The van der Waals surface area contributed by atoms with Crippen molar-refractivity contribution in [1.29, 1.82) is 0 Å². The highest BCUT2D eigenvalue weighted by Gasteiger charge is 2.13. The van der Waals surface area contributed by atoms with Gasteiger partial charge in [0, 0.05) is 10.1 Å². The Bertz CT molecular complexity index is 654. The fraction of sp³-hybridized carbons (Fsp3) is 0.167. The van der Waals surface area contributed by atoms with Crippen LogP contribution >= 0.6 is 35.0 Å². The first kappa shape index (κ1) is 14.2. The second-order valence-corrected chi connectivity index (χ2v) is 5.73. The highest BCUT2D eigenvalue weighted by Crippen LogP contribution is 2.27. The van der Waals surface area contributed by atoms with Gasteiger partial charge in [0.15, 0.2) is 5.16 Å². The summed E-state index contributed by atoms with van der Waals surface area (Å²) in [7, 11) is 0. The van der Waals surface area contributed by atoms with Crippen molar-refractivity contribution in [3.8, 4) is 0 Å². The van der Waals surface area contributed by atoms with Crippen LogP contribution < -0.4 is 0 Å². The number of hydrogen-bond donors (Lipinski definition) is 1. The zero-order chi connectivity index (χ0) is 14.0. The predicted octanol–water partition coefficient (Wildman–Crippen LogP) is 3.62. The van der Waals surface area contributed by atoms with E-state index in [0.29, 0.717) is 21.8 Å².